The van der Waals surface area contributed by atoms with Crippen molar-refractivity contribution in [1.82, 2.24) is 4.90 Å². The minimum absolute atomic E-state index is 0.193. The highest BCUT2D eigenvalue weighted by Crippen LogP contribution is 1.89. The first kappa shape index (κ1) is 13.1. The summed E-state index contributed by atoms with van der Waals surface area (Å²) in [6, 6.07) is 0. The van der Waals surface area contributed by atoms with Gasteiger partial charge in [0.25, 0.3) is 0 Å². The number of amides is 1. The number of primary amides is 1. The average molecular weight is 160 g/mol. The summed E-state index contributed by atoms with van der Waals surface area (Å²) in [7, 11) is 6.00. The lowest BCUT2D eigenvalue weighted by atomic mass is 10.2. The van der Waals surface area contributed by atoms with Crippen molar-refractivity contribution in [3.05, 3.63) is 0 Å². The molecule has 0 saturated heterocycles. The third-order valence-electron chi connectivity index (χ3n) is 0.777. The number of hydrogen-bond acceptors (Lipinski definition) is 2. The molecule has 2 N–H and O–H groups in total. The van der Waals surface area contributed by atoms with Gasteiger partial charge in [-0.3, -0.25) is 4.79 Å². The molecule has 0 radical (unpaired) electrons. The molecule has 0 aromatic rings. The zero-order valence-electron chi connectivity index (χ0n) is 8.05. The van der Waals surface area contributed by atoms with E-state index >= 15 is 0 Å². The van der Waals surface area contributed by atoms with Crippen molar-refractivity contribution in [3.63, 3.8) is 0 Å². The second-order valence-corrected chi connectivity index (χ2v) is 2.91. The summed E-state index contributed by atoms with van der Waals surface area (Å²) < 4.78 is 0. The highest BCUT2D eigenvalue weighted by atomic mass is 16.1. The van der Waals surface area contributed by atoms with E-state index in [9.17, 15) is 4.79 Å². The Labute approximate surface area is 69.6 Å². The van der Waals surface area contributed by atoms with Crippen molar-refractivity contribution in [2.45, 2.75) is 26.2 Å². The fourth-order valence-electron chi connectivity index (χ4n) is 0.351. The molecule has 3 heteroatoms. The Kier molecular flexibility index (Phi) is 11.2. The van der Waals surface area contributed by atoms with Crippen LogP contribution in [0.1, 0.15) is 26.2 Å². The lowest BCUT2D eigenvalue weighted by molar-refractivity contribution is -0.118. The third-order valence-corrected chi connectivity index (χ3v) is 0.777. The molecule has 11 heavy (non-hydrogen) atoms. The topological polar surface area (TPSA) is 46.3 Å². The number of carbonyl (C=O) groups excluding carboxylic acids is 1. The van der Waals surface area contributed by atoms with Gasteiger partial charge in [0.2, 0.25) is 5.91 Å². The van der Waals surface area contributed by atoms with Gasteiger partial charge in [0, 0.05) is 6.42 Å². The van der Waals surface area contributed by atoms with Gasteiger partial charge in [0.05, 0.1) is 0 Å². The minimum Gasteiger partial charge on any atom is -0.370 e. The van der Waals surface area contributed by atoms with E-state index in [0.29, 0.717) is 6.42 Å². The number of carbonyl (C=O) groups is 1. The molecule has 0 heterocycles. The fourth-order valence-corrected chi connectivity index (χ4v) is 0.351. The van der Waals surface area contributed by atoms with Crippen molar-refractivity contribution >= 4 is 5.91 Å². The van der Waals surface area contributed by atoms with Gasteiger partial charge in [-0.25, -0.2) is 0 Å². The van der Waals surface area contributed by atoms with Gasteiger partial charge in [0.15, 0.2) is 0 Å². The Hall–Kier alpha value is -0.570. The van der Waals surface area contributed by atoms with Crippen molar-refractivity contribution < 1.29 is 4.79 Å². The van der Waals surface area contributed by atoms with Gasteiger partial charge in [-0.05, 0) is 27.6 Å². The largest absolute Gasteiger partial charge is 0.370 e. The van der Waals surface area contributed by atoms with E-state index in [1.165, 1.54) is 0 Å². The molecule has 0 bridgehead atoms. The Morgan fingerprint density at radius 2 is 1.73 bits per heavy atom. The third kappa shape index (κ3) is 44.2. The summed E-state index contributed by atoms with van der Waals surface area (Å²) in [6.07, 6.45) is 2.51. The fraction of sp³-hybridized carbons (Fsp3) is 0.875. The smallest absolute Gasteiger partial charge is 0.217 e. The van der Waals surface area contributed by atoms with Gasteiger partial charge in [0.1, 0.15) is 0 Å². The van der Waals surface area contributed by atoms with Crippen molar-refractivity contribution in [1.29, 1.82) is 0 Å². The molecule has 0 atom stereocenters. The van der Waals surface area contributed by atoms with Crippen molar-refractivity contribution in [2.75, 3.05) is 21.1 Å². The van der Waals surface area contributed by atoms with Gasteiger partial charge in [-0.1, -0.05) is 13.3 Å². The molecule has 1 amide bonds. The Morgan fingerprint density at radius 3 is 1.82 bits per heavy atom. The minimum atomic E-state index is -0.193. The predicted octanol–water partition coefficient (Wildman–Crippen LogP) is 0.840. The average Bonchev–Trinajstić information content (AvgIpc) is 1.82. The van der Waals surface area contributed by atoms with Crippen LogP contribution in [0.25, 0.3) is 0 Å². The van der Waals surface area contributed by atoms with Crippen molar-refractivity contribution in [2.24, 2.45) is 5.73 Å². The summed E-state index contributed by atoms with van der Waals surface area (Å²) in [6.45, 7) is 2.03. The molecule has 0 aliphatic carbocycles. The van der Waals surface area contributed by atoms with Crippen LogP contribution in [0, 0.1) is 0 Å². The predicted molar refractivity (Wildman–Crippen MR) is 48.3 cm³/mol. The number of unbranched alkanes of at least 4 members (excludes halogenated alkanes) is 1. The number of nitrogens with zero attached hydrogens (tertiary/aromatic N) is 1. The summed E-state index contributed by atoms with van der Waals surface area (Å²) in [5.41, 5.74) is 4.84. The highest BCUT2D eigenvalue weighted by molar-refractivity contribution is 5.73. The van der Waals surface area contributed by atoms with Gasteiger partial charge >= 0.3 is 0 Å². The molecule has 0 aliphatic heterocycles. The summed E-state index contributed by atoms with van der Waals surface area (Å²) in [4.78, 5) is 12.0. The summed E-state index contributed by atoms with van der Waals surface area (Å²) >= 11 is 0. The van der Waals surface area contributed by atoms with Crippen LogP contribution in [0.15, 0.2) is 0 Å². The molecule has 0 spiro atoms. The lowest BCUT2D eigenvalue weighted by Crippen LogP contribution is -2.09. The highest BCUT2D eigenvalue weighted by Gasteiger charge is 1.88. The van der Waals surface area contributed by atoms with Gasteiger partial charge in [-0.2, -0.15) is 0 Å². The second kappa shape index (κ2) is 9.43. The van der Waals surface area contributed by atoms with Crippen molar-refractivity contribution in [3.8, 4) is 0 Å². The van der Waals surface area contributed by atoms with Crippen LogP contribution >= 0.6 is 0 Å². The number of rotatable bonds is 3. The molecular weight excluding hydrogens is 140 g/mol. The first-order valence-corrected chi connectivity index (χ1v) is 3.90. The standard InChI is InChI=1S/C5H11NO.C3H9N/c1-2-3-4-5(6)7;1-4(2)3/h2-4H2,1H3,(H2,6,7);1-3H3. The van der Waals surface area contributed by atoms with Crippen LogP contribution in [-0.2, 0) is 4.79 Å². The number of nitrogens with two attached hydrogens (primary N) is 1. The lowest BCUT2D eigenvalue weighted by Gasteiger charge is -1.90. The molecule has 68 valence electrons. The molecule has 0 unspecified atom stereocenters. The molecule has 3 nitrogen and oxygen atoms in total. The van der Waals surface area contributed by atoms with Crippen LogP contribution in [0.3, 0.4) is 0 Å². The van der Waals surface area contributed by atoms with Crippen LogP contribution in [-0.4, -0.2) is 32.0 Å². The first-order valence-electron chi connectivity index (χ1n) is 3.90. The van der Waals surface area contributed by atoms with Gasteiger partial charge < -0.3 is 10.6 Å². The zero-order chi connectivity index (χ0) is 9.28. The SMILES string of the molecule is CCCCC(N)=O.CN(C)C. The molecule has 0 saturated carbocycles. The van der Waals surface area contributed by atoms with E-state index < -0.39 is 0 Å². The van der Waals surface area contributed by atoms with Crippen LogP contribution in [0.4, 0.5) is 0 Å². The Bertz CT molecular complexity index is 89.3. The molecular formula is C8H20N2O. The van der Waals surface area contributed by atoms with Crippen LogP contribution in [0.2, 0.25) is 0 Å². The second-order valence-electron chi connectivity index (χ2n) is 2.91. The maximum Gasteiger partial charge on any atom is 0.217 e. The Balaban J connectivity index is 0. The van der Waals surface area contributed by atoms with E-state index in [-0.39, 0.29) is 5.91 Å². The van der Waals surface area contributed by atoms with Crippen LogP contribution < -0.4 is 5.73 Å². The van der Waals surface area contributed by atoms with E-state index in [0.717, 1.165) is 12.8 Å². The van der Waals surface area contributed by atoms with E-state index in [1.807, 2.05) is 33.0 Å². The zero-order valence-corrected chi connectivity index (χ0v) is 8.05. The monoisotopic (exact) mass is 160 g/mol. The van der Waals surface area contributed by atoms with E-state index in [4.69, 9.17) is 5.73 Å². The molecule has 0 rings (SSSR count). The molecule has 0 aromatic heterocycles. The summed E-state index contributed by atoms with van der Waals surface area (Å²) in [5.74, 6) is -0.193. The van der Waals surface area contributed by atoms with E-state index in [2.05, 4.69) is 0 Å². The normalized spacial score (nSPS) is 8.82. The van der Waals surface area contributed by atoms with Crippen LogP contribution in [0.5, 0.6) is 0 Å². The van der Waals surface area contributed by atoms with Gasteiger partial charge in [-0.15, -0.1) is 0 Å². The van der Waals surface area contributed by atoms with E-state index in [1.54, 1.807) is 0 Å². The Morgan fingerprint density at radius 1 is 1.36 bits per heavy atom. The quantitative estimate of drug-likeness (QED) is 0.665. The number of hydrogen-bond donors (Lipinski definition) is 1. The molecule has 0 aromatic carbocycles. The molecule has 0 fully saturated rings. The first-order chi connectivity index (χ1) is 5.00. The molecule has 0 aliphatic rings. The summed E-state index contributed by atoms with van der Waals surface area (Å²) in [5, 5.41) is 0. The maximum atomic E-state index is 9.98. The maximum absolute atomic E-state index is 9.98.